The molecule has 0 unspecified atom stereocenters. The summed E-state index contributed by atoms with van der Waals surface area (Å²) >= 11 is 1.22. The highest BCUT2D eigenvalue weighted by molar-refractivity contribution is 7.13. The van der Waals surface area contributed by atoms with Gasteiger partial charge in [0.05, 0.1) is 4.70 Å². The van der Waals surface area contributed by atoms with Gasteiger partial charge < -0.3 is 10.4 Å². The number of unbranched alkanes of at least 4 members (excludes halogenated alkanes) is 1. The molecule has 2 N–H and O–H groups in total. The SMILES string of the molecule is CCCCNC(=O)C(C#N)=C(O)c1nsc2ccccc12. The first kappa shape index (κ1) is 15.0. The van der Waals surface area contributed by atoms with E-state index in [4.69, 9.17) is 5.26 Å². The van der Waals surface area contributed by atoms with Crippen LogP contribution in [0.25, 0.3) is 15.8 Å². The average Bonchev–Trinajstić information content (AvgIpc) is 2.92. The third kappa shape index (κ3) is 3.20. The van der Waals surface area contributed by atoms with Gasteiger partial charge >= 0.3 is 0 Å². The minimum absolute atomic E-state index is 0.276. The number of fused-ring (bicyclic) bond motifs is 1. The molecule has 0 saturated carbocycles. The minimum atomic E-state index is -0.569. The molecule has 1 aromatic heterocycles. The summed E-state index contributed by atoms with van der Waals surface area (Å²) in [5, 5.41) is 22.7. The molecule has 0 aliphatic carbocycles. The van der Waals surface area contributed by atoms with Gasteiger partial charge in [-0.25, -0.2) is 0 Å². The molecule has 2 rings (SSSR count). The van der Waals surface area contributed by atoms with Crippen LogP contribution in [-0.4, -0.2) is 21.9 Å². The first-order valence-electron chi connectivity index (χ1n) is 6.65. The van der Waals surface area contributed by atoms with Crippen molar-refractivity contribution in [2.75, 3.05) is 6.54 Å². The first-order chi connectivity index (χ1) is 10.2. The Hall–Kier alpha value is -2.39. The Balaban J connectivity index is 2.35. The Kier molecular flexibility index (Phi) is 4.90. The van der Waals surface area contributed by atoms with Crippen LogP contribution in [0.15, 0.2) is 29.8 Å². The zero-order valence-electron chi connectivity index (χ0n) is 11.6. The van der Waals surface area contributed by atoms with Crippen molar-refractivity contribution >= 4 is 33.3 Å². The highest BCUT2D eigenvalue weighted by Crippen LogP contribution is 2.27. The van der Waals surface area contributed by atoms with Gasteiger partial charge in [0, 0.05) is 11.9 Å². The number of rotatable bonds is 5. The largest absolute Gasteiger partial charge is 0.504 e. The lowest BCUT2D eigenvalue weighted by Crippen LogP contribution is -2.26. The lowest BCUT2D eigenvalue weighted by Gasteiger charge is -2.04. The number of benzene rings is 1. The van der Waals surface area contributed by atoms with Crippen LogP contribution in [-0.2, 0) is 4.79 Å². The molecule has 0 bridgehead atoms. The molecule has 21 heavy (non-hydrogen) atoms. The highest BCUT2D eigenvalue weighted by atomic mass is 32.1. The predicted molar refractivity (Wildman–Crippen MR) is 82.7 cm³/mol. The van der Waals surface area contributed by atoms with Crippen LogP contribution in [0.3, 0.4) is 0 Å². The number of nitriles is 1. The maximum atomic E-state index is 11.9. The van der Waals surface area contributed by atoms with Gasteiger partial charge in [-0.2, -0.15) is 9.64 Å². The van der Waals surface area contributed by atoms with E-state index >= 15 is 0 Å². The Morgan fingerprint density at radius 2 is 2.24 bits per heavy atom. The van der Waals surface area contributed by atoms with E-state index in [1.807, 2.05) is 25.1 Å². The second-order valence-corrected chi connectivity index (χ2v) is 5.28. The Bertz CT molecular complexity index is 728. The van der Waals surface area contributed by atoms with Crippen molar-refractivity contribution < 1.29 is 9.90 Å². The molecule has 0 saturated heterocycles. The molecule has 2 aromatic rings. The van der Waals surface area contributed by atoms with Crippen molar-refractivity contribution in [3.05, 3.63) is 35.5 Å². The van der Waals surface area contributed by atoms with Crippen LogP contribution >= 0.6 is 11.5 Å². The van der Waals surface area contributed by atoms with Crippen molar-refractivity contribution in [2.24, 2.45) is 0 Å². The molecule has 1 heterocycles. The highest BCUT2D eigenvalue weighted by Gasteiger charge is 2.19. The van der Waals surface area contributed by atoms with Gasteiger partial charge in [0.2, 0.25) is 0 Å². The number of carbonyl (C=O) groups excluding carboxylic acids is 1. The summed E-state index contributed by atoms with van der Waals surface area (Å²) in [7, 11) is 0. The quantitative estimate of drug-likeness (QED) is 0.385. The maximum absolute atomic E-state index is 11.9. The van der Waals surface area contributed by atoms with Crippen molar-refractivity contribution in [1.29, 1.82) is 5.26 Å². The molecule has 0 aliphatic rings. The molecule has 1 aromatic carbocycles. The number of nitrogens with one attached hydrogen (secondary N) is 1. The van der Waals surface area contributed by atoms with Crippen LogP contribution in [0.1, 0.15) is 25.5 Å². The van der Waals surface area contributed by atoms with E-state index in [1.165, 1.54) is 11.5 Å². The maximum Gasteiger partial charge on any atom is 0.265 e. The van der Waals surface area contributed by atoms with Crippen LogP contribution in [0.5, 0.6) is 0 Å². The van der Waals surface area contributed by atoms with Gasteiger partial charge in [-0.15, -0.1) is 0 Å². The van der Waals surface area contributed by atoms with E-state index in [-0.39, 0.29) is 17.0 Å². The summed E-state index contributed by atoms with van der Waals surface area (Å²) in [5.41, 5.74) is -0.0278. The fourth-order valence-electron chi connectivity index (χ4n) is 1.85. The molecule has 1 amide bonds. The molecule has 5 nitrogen and oxygen atoms in total. The van der Waals surface area contributed by atoms with Gasteiger partial charge in [0.25, 0.3) is 5.91 Å². The summed E-state index contributed by atoms with van der Waals surface area (Å²) < 4.78 is 5.04. The number of nitrogens with zero attached hydrogens (tertiary/aromatic N) is 2. The van der Waals surface area contributed by atoms with Gasteiger partial charge in [-0.05, 0) is 24.0 Å². The number of aromatic nitrogens is 1. The van der Waals surface area contributed by atoms with E-state index in [2.05, 4.69) is 9.69 Å². The van der Waals surface area contributed by atoms with E-state index in [1.54, 1.807) is 12.1 Å². The smallest absolute Gasteiger partial charge is 0.265 e. The van der Waals surface area contributed by atoms with Crippen molar-refractivity contribution in [1.82, 2.24) is 9.69 Å². The topological polar surface area (TPSA) is 86.0 Å². The van der Waals surface area contributed by atoms with Crippen LogP contribution in [0.4, 0.5) is 0 Å². The molecule has 108 valence electrons. The summed E-state index contributed by atoms with van der Waals surface area (Å²) in [5.74, 6) is -0.940. The van der Waals surface area contributed by atoms with Gasteiger partial charge in [0.15, 0.2) is 11.3 Å². The standard InChI is InChI=1S/C15H15N3O2S/c1-2-3-8-17-15(20)11(9-16)14(19)13-10-6-4-5-7-12(10)21-18-13/h4-7,19H,2-3,8H2,1H3,(H,17,20). The Morgan fingerprint density at radius 1 is 1.48 bits per heavy atom. The first-order valence-corrected chi connectivity index (χ1v) is 7.42. The third-order valence-corrected chi connectivity index (χ3v) is 3.82. The molecule has 0 spiro atoms. The summed E-state index contributed by atoms with van der Waals surface area (Å²) in [6.45, 7) is 2.48. The summed E-state index contributed by atoms with van der Waals surface area (Å²) in [4.78, 5) is 11.9. The molecule has 0 fully saturated rings. The van der Waals surface area contributed by atoms with E-state index in [9.17, 15) is 9.90 Å². The van der Waals surface area contributed by atoms with Gasteiger partial charge in [-0.1, -0.05) is 31.5 Å². The fourth-order valence-corrected chi connectivity index (χ4v) is 2.63. The fraction of sp³-hybridized carbons (Fsp3) is 0.267. The predicted octanol–water partition coefficient (Wildman–Crippen LogP) is 3.01. The second-order valence-electron chi connectivity index (χ2n) is 4.47. The van der Waals surface area contributed by atoms with Gasteiger partial charge in [0.1, 0.15) is 11.8 Å². The van der Waals surface area contributed by atoms with Crippen LogP contribution < -0.4 is 5.32 Å². The summed E-state index contributed by atoms with van der Waals surface area (Å²) in [6.07, 6.45) is 1.76. The van der Waals surface area contributed by atoms with E-state index in [0.717, 1.165) is 22.9 Å². The molecule has 0 aliphatic heterocycles. The zero-order valence-corrected chi connectivity index (χ0v) is 12.4. The van der Waals surface area contributed by atoms with E-state index in [0.29, 0.717) is 6.54 Å². The van der Waals surface area contributed by atoms with Crippen molar-refractivity contribution in [3.63, 3.8) is 0 Å². The minimum Gasteiger partial charge on any atom is -0.504 e. The average molecular weight is 301 g/mol. The van der Waals surface area contributed by atoms with Crippen molar-refractivity contribution in [2.45, 2.75) is 19.8 Å². The number of amides is 1. The number of carbonyl (C=O) groups is 1. The molecular weight excluding hydrogens is 286 g/mol. The van der Waals surface area contributed by atoms with Gasteiger partial charge in [-0.3, -0.25) is 4.79 Å². The normalized spacial score (nSPS) is 11.8. The molecular formula is C15H15N3O2S. The van der Waals surface area contributed by atoms with Crippen molar-refractivity contribution in [3.8, 4) is 6.07 Å². The zero-order chi connectivity index (χ0) is 15.2. The lowest BCUT2D eigenvalue weighted by molar-refractivity contribution is -0.117. The summed E-state index contributed by atoms with van der Waals surface area (Å²) in [6, 6.07) is 9.12. The van der Waals surface area contributed by atoms with Crippen LogP contribution in [0.2, 0.25) is 0 Å². The Labute approximate surface area is 126 Å². The Morgan fingerprint density at radius 3 is 2.95 bits per heavy atom. The number of aliphatic hydroxyl groups excluding tert-OH is 1. The third-order valence-electron chi connectivity index (χ3n) is 2.99. The second kappa shape index (κ2) is 6.86. The number of hydrogen-bond acceptors (Lipinski definition) is 5. The monoisotopic (exact) mass is 301 g/mol. The van der Waals surface area contributed by atoms with E-state index < -0.39 is 5.91 Å². The number of hydrogen-bond donors (Lipinski definition) is 2. The molecule has 6 heteroatoms. The molecule has 0 radical (unpaired) electrons. The number of aliphatic hydroxyl groups is 1. The van der Waals surface area contributed by atoms with Crippen LogP contribution in [0, 0.1) is 11.3 Å². The lowest BCUT2D eigenvalue weighted by atomic mass is 10.1. The molecule has 0 atom stereocenters.